The number of carbonyl (C=O) groups is 1. The molecule has 2 heterocycles. The first-order chi connectivity index (χ1) is 9.15. The quantitative estimate of drug-likeness (QED) is 0.763. The molecule has 2 saturated heterocycles. The van der Waals surface area contributed by atoms with Crippen LogP contribution in [-0.2, 0) is 11.2 Å². The number of piperidine rings is 1. The van der Waals surface area contributed by atoms with E-state index in [1.807, 2.05) is 4.90 Å². The molecule has 1 aromatic carbocycles. The largest absolute Gasteiger partial charge is 0.336 e. The van der Waals surface area contributed by atoms with E-state index in [2.05, 4.69) is 0 Å². The van der Waals surface area contributed by atoms with Gasteiger partial charge in [-0.1, -0.05) is 18.2 Å². The summed E-state index contributed by atoms with van der Waals surface area (Å²) in [7, 11) is 0. The molecule has 102 valence electrons. The lowest BCUT2D eigenvalue weighted by molar-refractivity contribution is -0.134. The van der Waals surface area contributed by atoms with Crippen LogP contribution < -0.4 is 0 Å². The highest BCUT2D eigenvalue weighted by molar-refractivity contribution is 6.20. The average molecular weight is 282 g/mol. The Morgan fingerprint density at radius 1 is 1.26 bits per heavy atom. The molecule has 2 nitrogen and oxygen atoms in total. The molecule has 0 aromatic heterocycles. The number of hydrogen-bond acceptors (Lipinski definition) is 1. The molecular formula is C15H17ClFNO. The van der Waals surface area contributed by atoms with Crippen LogP contribution in [-0.4, -0.2) is 28.3 Å². The Labute approximate surface area is 117 Å². The third-order valence-corrected chi connectivity index (χ3v) is 4.62. The van der Waals surface area contributed by atoms with Crippen molar-refractivity contribution in [3.63, 3.8) is 0 Å². The Morgan fingerprint density at radius 2 is 1.89 bits per heavy atom. The predicted molar refractivity (Wildman–Crippen MR) is 72.6 cm³/mol. The second-order valence-corrected chi connectivity index (χ2v) is 6.14. The minimum absolute atomic E-state index is 0.0427. The highest BCUT2D eigenvalue weighted by atomic mass is 35.5. The number of benzene rings is 1. The summed E-state index contributed by atoms with van der Waals surface area (Å²) in [6.45, 7) is 0. The van der Waals surface area contributed by atoms with Crippen LogP contribution in [0.15, 0.2) is 24.3 Å². The second-order valence-electron chi connectivity index (χ2n) is 5.52. The summed E-state index contributed by atoms with van der Waals surface area (Å²) in [6.07, 6.45) is 3.99. The van der Waals surface area contributed by atoms with Crippen LogP contribution in [0.2, 0.25) is 0 Å². The van der Waals surface area contributed by atoms with Gasteiger partial charge in [0.15, 0.2) is 0 Å². The zero-order valence-corrected chi connectivity index (χ0v) is 11.4. The smallest absolute Gasteiger partial charge is 0.227 e. The number of amides is 1. The molecule has 2 fully saturated rings. The van der Waals surface area contributed by atoms with Gasteiger partial charge in [-0.25, -0.2) is 4.39 Å². The van der Waals surface area contributed by atoms with Crippen LogP contribution in [0, 0.1) is 5.82 Å². The summed E-state index contributed by atoms with van der Waals surface area (Å²) in [4.78, 5) is 14.4. The molecule has 2 atom stereocenters. The topological polar surface area (TPSA) is 20.3 Å². The van der Waals surface area contributed by atoms with E-state index in [0.717, 1.165) is 25.7 Å². The molecule has 0 spiro atoms. The summed E-state index contributed by atoms with van der Waals surface area (Å²) in [5, 5.41) is 0.190. The Kier molecular flexibility index (Phi) is 3.48. The Hall–Kier alpha value is -1.09. The first kappa shape index (κ1) is 12.9. The standard InChI is InChI=1S/C15H17ClFNO/c16-11-8-12-5-6-13(9-11)18(12)15(19)7-10-3-1-2-4-14(10)17/h1-4,11-13H,5-9H2. The van der Waals surface area contributed by atoms with Crippen molar-refractivity contribution < 1.29 is 9.18 Å². The molecule has 0 aliphatic carbocycles. The lowest BCUT2D eigenvalue weighted by Crippen LogP contribution is -2.47. The Morgan fingerprint density at radius 3 is 2.53 bits per heavy atom. The molecule has 0 radical (unpaired) electrons. The van der Waals surface area contributed by atoms with E-state index in [-0.39, 0.29) is 35.6 Å². The maximum atomic E-state index is 13.6. The van der Waals surface area contributed by atoms with Gasteiger partial charge in [0.25, 0.3) is 0 Å². The normalized spacial score (nSPS) is 29.6. The Bertz CT molecular complexity index is 479. The fourth-order valence-corrected chi connectivity index (χ4v) is 3.83. The van der Waals surface area contributed by atoms with E-state index >= 15 is 0 Å². The van der Waals surface area contributed by atoms with E-state index in [1.165, 1.54) is 6.07 Å². The lowest BCUT2D eigenvalue weighted by Gasteiger charge is -2.37. The van der Waals surface area contributed by atoms with E-state index in [1.54, 1.807) is 18.2 Å². The number of fused-ring (bicyclic) bond motifs is 2. The summed E-state index contributed by atoms with van der Waals surface area (Å²) >= 11 is 6.20. The first-order valence-electron chi connectivity index (χ1n) is 6.84. The summed E-state index contributed by atoms with van der Waals surface area (Å²) in [5.74, 6) is -0.253. The fraction of sp³-hybridized carbons (Fsp3) is 0.533. The van der Waals surface area contributed by atoms with E-state index < -0.39 is 0 Å². The molecule has 0 N–H and O–H groups in total. The van der Waals surface area contributed by atoms with Gasteiger partial charge < -0.3 is 4.90 Å². The molecule has 1 amide bonds. The number of nitrogens with zero attached hydrogens (tertiary/aromatic N) is 1. The van der Waals surface area contributed by atoms with E-state index in [4.69, 9.17) is 11.6 Å². The van der Waals surface area contributed by atoms with Gasteiger partial charge in [-0.3, -0.25) is 4.79 Å². The number of hydrogen-bond donors (Lipinski definition) is 0. The van der Waals surface area contributed by atoms with Crippen molar-refractivity contribution >= 4 is 17.5 Å². The van der Waals surface area contributed by atoms with Crippen molar-refractivity contribution in [1.29, 1.82) is 0 Å². The maximum absolute atomic E-state index is 13.6. The van der Waals surface area contributed by atoms with Gasteiger partial charge in [0, 0.05) is 17.5 Å². The van der Waals surface area contributed by atoms with Crippen molar-refractivity contribution in [2.45, 2.75) is 49.6 Å². The van der Waals surface area contributed by atoms with Gasteiger partial charge in [-0.15, -0.1) is 11.6 Å². The Balaban J connectivity index is 1.73. The highest BCUT2D eigenvalue weighted by Crippen LogP contribution is 2.38. The number of alkyl halides is 1. The molecule has 2 unspecified atom stereocenters. The monoisotopic (exact) mass is 281 g/mol. The molecule has 19 heavy (non-hydrogen) atoms. The van der Waals surface area contributed by atoms with Gasteiger partial charge in [-0.2, -0.15) is 0 Å². The van der Waals surface area contributed by atoms with E-state index in [9.17, 15) is 9.18 Å². The third-order valence-electron chi connectivity index (χ3n) is 4.26. The molecule has 3 rings (SSSR count). The summed E-state index contributed by atoms with van der Waals surface area (Å²) in [5.41, 5.74) is 0.486. The van der Waals surface area contributed by atoms with E-state index in [0.29, 0.717) is 5.56 Å². The first-order valence-corrected chi connectivity index (χ1v) is 7.27. The summed E-state index contributed by atoms with van der Waals surface area (Å²) < 4.78 is 13.6. The third kappa shape index (κ3) is 2.48. The van der Waals surface area contributed by atoms with Crippen LogP contribution in [0.3, 0.4) is 0 Å². The minimum atomic E-state index is -0.296. The van der Waals surface area contributed by atoms with Gasteiger partial charge in [0.2, 0.25) is 5.91 Å². The number of halogens is 2. The highest BCUT2D eigenvalue weighted by Gasteiger charge is 2.42. The molecular weight excluding hydrogens is 265 g/mol. The molecule has 2 aliphatic heterocycles. The fourth-order valence-electron chi connectivity index (χ4n) is 3.41. The van der Waals surface area contributed by atoms with Crippen molar-refractivity contribution in [3.05, 3.63) is 35.6 Å². The maximum Gasteiger partial charge on any atom is 0.227 e. The van der Waals surface area contributed by atoms with Gasteiger partial charge in [0.1, 0.15) is 5.82 Å². The van der Waals surface area contributed by atoms with Crippen LogP contribution in [0.1, 0.15) is 31.2 Å². The molecule has 4 heteroatoms. The summed E-state index contributed by atoms with van der Waals surface area (Å²) in [6, 6.07) is 7.03. The van der Waals surface area contributed by atoms with Crippen molar-refractivity contribution in [2.75, 3.05) is 0 Å². The molecule has 2 bridgehead atoms. The number of carbonyl (C=O) groups excluding carboxylic acids is 1. The van der Waals surface area contributed by atoms with Crippen molar-refractivity contribution in [1.82, 2.24) is 4.90 Å². The van der Waals surface area contributed by atoms with Gasteiger partial charge in [0.05, 0.1) is 6.42 Å². The van der Waals surface area contributed by atoms with Crippen LogP contribution in [0.5, 0.6) is 0 Å². The van der Waals surface area contributed by atoms with Crippen LogP contribution in [0.25, 0.3) is 0 Å². The SMILES string of the molecule is O=C(Cc1ccccc1F)N1C2CCC1CC(Cl)C2. The van der Waals surface area contributed by atoms with Gasteiger partial charge in [-0.05, 0) is 37.3 Å². The van der Waals surface area contributed by atoms with Crippen molar-refractivity contribution in [2.24, 2.45) is 0 Å². The van der Waals surface area contributed by atoms with Gasteiger partial charge >= 0.3 is 0 Å². The minimum Gasteiger partial charge on any atom is -0.336 e. The average Bonchev–Trinajstić information content (AvgIpc) is 2.65. The van der Waals surface area contributed by atoms with Crippen LogP contribution in [0.4, 0.5) is 4.39 Å². The second kappa shape index (κ2) is 5.12. The predicted octanol–water partition coefficient (Wildman–Crippen LogP) is 3.13. The molecule has 1 aromatic rings. The lowest BCUT2D eigenvalue weighted by atomic mass is 10.0. The zero-order chi connectivity index (χ0) is 13.4. The van der Waals surface area contributed by atoms with Crippen LogP contribution >= 0.6 is 11.6 Å². The molecule has 2 aliphatic rings. The number of rotatable bonds is 2. The van der Waals surface area contributed by atoms with Crippen molar-refractivity contribution in [3.8, 4) is 0 Å². The zero-order valence-electron chi connectivity index (χ0n) is 10.7. The molecule has 0 saturated carbocycles.